The summed E-state index contributed by atoms with van der Waals surface area (Å²) in [5, 5.41) is 13.0. The van der Waals surface area contributed by atoms with Gasteiger partial charge in [0.1, 0.15) is 5.56 Å². The molecule has 0 unspecified atom stereocenters. The summed E-state index contributed by atoms with van der Waals surface area (Å²) in [6.45, 7) is 2.13. The zero-order valence-electron chi connectivity index (χ0n) is 9.84. The number of carbonyl (C=O) groups excluding carboxylic acids is 1. The molecule has 18 heavy (non-hydrogen) atoms. The van der Waals surface area contributed by atoms with Crippen LogP contribution >= 0.6 is 11.3 Å². The molecule has 7 heteroatoms. The molecule has 2 rings (SSSR count). The monoisotopic (exact) mass is 267 g/mol. The highest BCUT2D eigenvalue weighted by Crippen LogP contribution is 2.10. The molecular weight excluding hydrogens is 254 g/mol. The largest absolute Gasteiger partial charge is 0.396 e. The third kappa shape index (κ3) is 2.27. The summed E-state index contributed by atoms with van der Waals surface area (Å²) >= 11 is 1.36. The standard InChI is InChI=1S/C11H13N3O3S/c1-7-6-18-11-13-5-8(10(17)14(7)11)9(16)12-3-2-4-15/h5-6,15H,2-4H2,1H3,(H,12,16). The van der Waals surface area contributed by atoms with E-state index in [1.165, 1.54) is 21.9 Å². The highest BCUT2D eigenvalue weighted by Gasteiger charge is 2.14. The summed E-state index contributed by atoms with van der Waals surface area (Å²) in [5.41, 5.74) is 0.421. The highest BCUT2D eigenvalue weighted by atomic mass is 32.1. The first-order valence-corrected chi connectivity index (χ1v) is 6.38. The predicted octanol–water partition coefficient (Wildman–Crippen LogP) is 0.177. The molecule has 0 bridgehead atoms. The third-order valence-corrected chi connectivity index (χ3v) is 3.44. The van der Waals surface area contributed by atoms with Crippen LogP contribution in [0, 0.1) is 6.92 Å². The van der Waals surface area contributed by atoms with Gasteiger partial charge in [0, 0.05) is 30.4 Å². The van der Waals surface area contributed by atoms with Crippen molar-refractivity contribution in [2.75, 3.05) is 13.2 Å². The van der Waals surface area contributed by atoms with Crippen LogP contribution in [0.3, 0.4) is 0 Å². The molecule has 0 saturated heterocycles. The van der Waals surface area contributed by atoms with E-state index in [-0.39, 0.29) is 17.7 Å². The molecule has 2 aromatic rings. The quantitative estimate of drug-likeness (QED) is 0.774. The fourth-order valence-electron chi connectivity index (χ4n) is 1.56. The van der Waals surface area contributed by atoms with Crippen molar-refractivity contribution >= 4 is 22.2 Å². The molecule has 6 nitrogen and oxygen atoms in total. The van der Waals surface area contributed by atoms with E-state index in [1.807, 2.05) is 5.38 Å². The van der Waals surface area contributed by atoms with Crippen molar-refractivity contribution in [1.29, 1.82) is 0 Å². The molecule has 0 spiro atoms. The van der Waals surface area contributed by atoms with Crippen LogP contribution in [0.1, 0.15) is 22.5 Å². The Balaban J connectivity index is 2.34. The molecule has 0 radical (unpaired) electrons. The normalized spacial score (nSPS) is 10.8. The lowest BCUT2D eigenvalue weighted by Gasteiger charge is -2.03. The Labute approximate surface area is 107 Å². The zero-order chi connectivity index (χ0) is 13.1. The number of hydrogen-bond acceptors (Lipinski definition) is 5. The van der Waals surface area contributed by atoms with E-state index >= 15 is 0 Å². The minimum absolute atomic E-state index is 0.000184. The van der Waals surface area contributed by atoms with Crippen LogP contribution in [0.4, 0.5) is 0 Å². The molecule has 0 aliphatic carbocycles. The number of amides is 1. The number of thiazole rings is 1. The van der Waals surface area contributed by atoms with E-state index in [2.05, 4.69) is 10.3 Å². The van der Waals surface area contributed by atoms with Gasteiger partial charge in [0.05, 0.1) is 0 Å². The molecule has 0 saturated carbocycles. The number of nitrogens with one attached hydrogen (secondary N) is 1. The second-order valence-corrected chi connectivity index (χ2v) is 4.64. The lowest BCUT2D eigenvalue weighted by molar-refractivity contribution is 0.0949. The molecule has 2 heterocycles. The van der Waals surface area contributed by atoms with Crippen LogP contribution < -0.4 is 10.9 Å². The maximum atomic E-state index is 12.1. The number of hydrogen-bond donors (Lipinski definition) is 2. The molecule has 0 atom stereocenters. The number of fused-ring (bicyclic) bond motifs is 1. The smallest absolute Gasteiger partial charge is 0.271 e. The number of aliphatic hydroxyl groups is 1. The lowest BCUT2D eigenvalue weighted by atomic mass is 10.3. The van der Waals surface area contributed by atoms with E-state index in [0.29, 0.717) is 17.9 Å². The van der Waals surface area contributed by atoms with Gasteiger partial charge in [-0.05, 0) is 13.3 Å². The third-order valence-electron chi connectivity index (χ3n) is 2.48. The summed E-state index contributed by atoms with van der Waals surface area (Å²) < 4.78 is 1.42. The average molecular weight is 267 g/mol. The first-order valence-electron chi connectivity index (χ1n) is 5.50. The van der Waals surface area contributed by atoms with Crippen LogP contribution in [0.5, 0.6) is 0 Å². The highest BCUT2D eigenvalue weighted by molar-refractivity contribution is 7.15. The van der Waals surface area contributed by atoms with E-state index in [0.717, 1.165) is 5.69 Å². The number of aromatic nitrogens is 2. The Morgan fingerprint density at radius 3 is 3.11 bits per heavy atom. The SMILES string of the molecule is Cc1csc2ncc(C(=O)NCCCO)c(=O)n12. The Kier molecular flexibility index (Phi) is 3.73. The van der Waals surface area contributed by atoms with Crippen molar-refractivity contribution < 1.29 is 9.90 Å². The van der Waals surface area contributed by atoms with E-state index in [9.17, 15) is 9.59 Å². The van der Waals surface area contributed by atoms with Crippen molar-refractivity contribution in [3.63, 3.8) is 0 Å². The molecule has 0 aliphatic heterocycles. The number of nitrogens with zero attached hydrogens (tertiary/aromatic N) is 2. The molecule has 0 aromatic carbocycles. The van der Waals surface area contributed by atoms with Crippen molar-refractivity contribution in [3.8, 4) is 0 Å². The molecule has 0 fully saturated rings. The summed E-state index contributed by atoms with van der Waals surface area (Å²) in [6.07, 6.45) is 1.75. The molecule has 2 aromatic heterocycles. The molecule has 1 amide bonds. The van der Waals surface area contributed by atoms with Crippen molar-refractivity contribution in [2.45, 2.75) is 13.3 Å². The average Bonchev–Trinajstić information content (AvgIpc) is 2.72. The van der Waals surface area contributed by atoms with E-state index < -0.39 is 5.91 Å². The van der Waals surface area contributed by atoms with Gasteiger partial charge in [-0.1, -0.05) is 0 Å². The minimum Gasteiger partial charge on any atom is -0.396 e. The van der Waals surface area contributed by atoms with Crippen LogP contribution in [0.25, 0.3) is 4.96 Å². The Hall–Kier alpha value is -1.73. The van der Waals surface area contributed by atoms with Crippen LogP contribution in [0.15, 0.2) is 16.4 Å². The molecule has 0 aliphatic rings. The van der Waals surface area contributed by atoms with Gasteiger partial charge in [-0.3, -0.25) is 14.0 Å². The second kappa shape index (κ2) is 5.28. The Bertz CT molecular complexity index is 632. The number of rotatable bonds is 4. The van der Waals surface area contributed by atoms with Crippen molar-refractivity contribution in [3.05, 3.63) is 33.2 Å². The number of aliphatic hydroxyl groups excluding tert-OH is 1. The lowest BCUT2D eigenvalue weighted by Crippen LogP contribution is -2.32. The first kappa shape index (κ1) is 12.7. The topological polar surface area (TPSA) is 83.7 Å². The van der Waals surface area contributed by atoms with Gasteiger partial charge in [-0.2, -0.15) is 0 Å². The molecule has 2 N–H and O–H groups in total. The summed E-state index contributed by atoms with van der Waals surface area (Å²) in [4.78, 5) is 28.5. The molecule has 96 valence electrons. The van der Waals surface area contributed by atoms with Gasteiger partial charge in [-0.15, -0.1) is 11.3 Å². The van der Waals surface area contributed by atoms with Gasteiger partial charge in [0.2, 0.25) is 0 Å². The fraction of sp³-hybridized carbons (Fsp3) is 0.364. The maximum absolute atomic E-state index is 12.1. The summed E-state index contributed by atoms with van der Waals surface area (Å²) in [5.74, 6) is -0.457. The summed E-state index contributed by atoms with van der Waals surface area (Å²) in [6, 6.07) is 0. The predicted molar refractivity (Wildman–Crippen MR) is 68.1 cm³/mol. The second-order valence-electron chi connectivity index (χ2n) is 3.81. The molecular formula is C11H13N3O3S. The van der Waals surface area contributed by atoms with Gasteiger partial charge in [0.25, 0.3) is 11.5 Å². The van der Waals surface area contributed by atoms with Gasteiger partial charge < -0.3 is 10.4 Å². The number of aryl methyl sites for hydroxylation is 1. The van der Waals surface area contributed by atoms with Crippen molar-refractivity contribution in [1.82, 2.24) is 14.7 Å². The van der Waals surface area contributed by atoms with Crippen LogP contribution in [-0.2, 0) is 0 Å². The van der Waals surface area contributed by atoms with Gasteiger partial charge >= 0.3 is 0 Å². The van der Waals surface area contributed by atoms with Crippen LogP contribution in [-0.4, -0.2) is 33.6 Å². The minimum atomic E-state index is -0.457. The van der Waals surface area contributed by atoms with Gasteiger partial charge in [-0.25, -0.2) is 4.98 Å². The van der Waals surface area contributed by atoms with E-state index in [4.69, 9.17) is 5.11 Å². The number of carbonyl (C=O) groups is 1. The Morgan fingerprint density at radius 2 is 2.39 bits per heavy atom. The fourth-order valence-corrected chi connectivity index (χ4v) is 2.38. The van der Waals surface area contributed by atoms with Crippen molar-refractivity contribution in [2.24, 2.45) is 0 Å². The zero-order valence-corrected chi connectivity index (χ0v) is 10.7. The first-order chi connectivity index (χ1) is 8.65. The van der Waals surface area contributed by atoms with Gasteiger partial charge in [0.15, 0.2) is 4.96 Å². The van der Waals surface area contributed by atoms with E-state index in [1.54, 1.807) is 6.92 Å². The maximum Gasteiger partial charge on any atom is 0.271 e. The Morgan fingerprint density at radius 1 is 1.61 bits per heavy atom. The van der Waals surface area contributed by atoms with Crippen LogP contribution in [0.2, 0.25) is 0 Å². The summed E-state index contributed by atoms with van der Waals surface area (Å²) in [7, 11) is 0.